The maximum Gasteiger partial charge on any atom is 0.142 e. The molecule has 4 heteroatoms. The highest BCUT2D eigenvalue weighted by molar-refractivity contribution is 9.10. The summed E-state index contributed by atoms with van der Waals surface area (Å²) in [5.41, 5.74) is 6.19. The van der Waals surface area contributed by atoms with E-state index in [1.807, 2.05) is 25.1 Å². The van der Waals surface area contributed by atoms with Gasteiger partial charge in [0.25, 0.3) is 0 Å². The van der Waals surface area contributed by atoms with Gasteiger partial charge in [0, 0.05) is 14.1 Å². The summed E-state index contributed by atoms with van der Waals surface area (Å²) in [7, 11) is 3.87. The molecule has 0 aromatic carbocycles. The molecule has 0 aliphatic carbocycles. The highest BCUT2D eigenvalue weighted by Gasteiger charge is 2.02. The zero-order valence-electron chi connectivity index (χ0n) is 6.50. The molecule has 0 amide bonds. The van der Waals surface area contributed by atoms with Gasteiger partial charge in [0.1, 0.15) is 5.82 Å². The molecule has 0 unspecified atom stereocenters. The van der Waals surface area contributed by atoms with E-state index in [0.717, 1.165) is 10.3 Å². The second-order valence-corrected chi connectivity index (χ2v) is 3.32. The first-order valence-corrected chi connectivity index (χ1v) is 3.99. The van der Waals surface area contributed by atoms with Gasteiger partial charge in [0.2, 0.25) is 0 Å². The van der Waals surface area contributed by atoms with Crippen LogP contribution in [0.5, 0.6) is 0 Å². The molecule has 3 nitrogen and oxygen atoms in total. The molecule has 0 saturated carbocycles. The van der Waals surface area contributed by atoms with E-state index < -0.39 is 0 Å². The molecule has 0 aliphatic heterocycles. The molecular weight excluding hydrogens is 206 g/mol. The van der Waals surface area contributed by atoms with Crippen molar-refractivity contribution in [2.45, 2.75) is 0 Å². The van der Waals surface area contributed by atoms with Crippen LogP contribution in [0.4, 0.5) is 11.5 Å². The van der Waals surface area contributed by atoms with E-state index in [1.54, 1.807) is 6.20 Å². The Morgan fingerprint density at radius 2 is 2.18 bits per heavy atom. The van der Waals surface area contributed by atoms with E-state index in [4.69, 9.17) is 5.73 Å². The fraction of sp³-hybridized carbons (Fsp3) is 0.286. The molecule has 1 heterocycles. The van der Waals surface area contributed by atoms with E-state index >= 15 is 0 Å². The van der Waals surface area contributed by atoms with Crippen molar-refractivity contribution in [3.63, 3.8) is 0 Å². The molecule has 60 valence electrons. The van der Waals surface area contributed by atoms with Crippen LogP contribution in [0, 0.1) is 0 Å². The van der Waals surface area contributed by atoms with E-state index in [0.29, 0.717) is 5.69 Å². The Bertz CT molecular complexity index is 260. The van der Waals surface area contributed by atoms with Crippen molar-refractivity contribution < 1.29 is 0 Å². The second-order valence-electron chi connectivity index (χ2n) is 2.47. The standard InChI is InChI=1S/C7H10BrN3/c1-11(2)7-6(8)3-5(9)4-10-7/h3-4H,9H2,1-2H3. The van der Waals surface area contributed by atoms with Crippen LogP contribution in [0.3, 0.4) is 0 Å². The molecule has 1 aromatic heterocycles. The van der Waals surface area contributed by atoms with Gasteiger partial charge in [-0.3, -0.25) is 0 Å². The van der Waals surface area contributed by atoms with Crippen molar-refractivity contribution in [1.29, 1.82) is 0 Å². The largest absolute Gasteiger partial charge is 0.397 e. The molecule has 1 rings (SSSR count). The Morgan fingerprint density at radius 3 is 2.64 bits per heavy atom. The number of pyridine rings is 1. The lowest BCUT2D eigenvalue weighted by Gasteiger charge is -2.12. The molecule has 2 N–H and O–H groups in total. The third-order valence-electron chi connectivity index (χ3n) is 1.27. The zero-order valence-corrected chi connectivity index (χ0v) is 8.09. The number of aromatic nitrogens is 1. The van der Waals surface area contributed by atoms with Crippen molar-refractivity contribution in [3.8, 4) is 0 Å². The number of nitrogens with zero attached hydrogens (tertiary/aromatic N) is 2. The quantitative estimate of drug-likeness (QED) is 0.773. The maximum absolute atomic E-state index is 5.52. The average Bonchev–Trinajstić information content (AvgIpc) is 1.85. The first-order valence-electron chi connectivity index (χ1n) is 3.19. The predicted octanol–water partition coefficient (Wildman–Crippen LogP) is 1.49. The Morgan fingerprint density at radius 1 is 1.55 bits per heavy atom. The summed E-state index contributed by atoms with van der Waals surface area (Å²) in [6.07, 6.45) is 1.64. The van der Waals surface area contributed by atoms with Crippen LogP contribution in [0.25, 0.3) is 0 Å². The normalized spacial score (nSPS) is 9.73. The monoisotopic (exact) mass is 215 g/mol. The van der Waals surface area contributed by atoms with Crippen LogP contribution in [-0.4, -0.2) is 19.1 Å². The van der Waals surface area contributed by atoms with Crippen LogP contribution < -0.4 is 10.6 Å². The minimum absolute atomic E-state index is 0.669. The maximum atomic E-state index is 5.52. The molecule has 0 fully saturated rings. The van der Waals surface area contributed by atoms with Gasteiger partial charge in [-0.15, -0.1) is 0 Å². The van der Waals surface area contributed by atoms with Gasteiger partial charge < -0.3 is 10.6 Å². The zero-order chi connectivity index (χ0) is 8.43. The lowest BCUT2D eigenvalue weighted by molar-refractivity contribution is 1.06. The first kappa shape index (κ1) is 8.33. The van der Waals surface area contributed by atoms with Crippen LogP contribution in [0.15, 0.2) is 16.7 Å². The van der Waals surface area contributed by atoms with Crippen molar-refractivity contribution >= 4 is 27.4 Å². The Kier molecular flexibility index (Phi) is 2.34. The number of nitrogens with two attached hydrogens (primary N) is 1. The van der Waals surface area contributed by atoms with E-state index in [1.165, 1.54) is 0 Å². The fourth-order valence-corrected chi connectivity index (χ4v) is 1.50. The summed E-state index contributed by atoms with van der Waals surface area (Å²) in [6.45, 7) is 0. The Balaban J connectivity index is 3.09. The number of anilines is 2. The second kappa shape index (κ2) is 3.09. The van der Waals surface area contributed by atoms with Crippen LogP contribution in [-0.2, 0) is 0 Å². The average molecular weight is 216 g/mol. The van der Waals surface area contributed by atoms with Crippen LogP contribution in [0.1, 0.15) is 0 Å². The fourth-order valence-electron chi connectivity index (χ4n) is 0.775. The van der Waals surface area contributed by atoms with Gasteiger partial charge in [-0.1, -0.05) is 0 Å². The summed E-state index contributed by atoms with van der Waals surface area (Å²) in [5, 5.41) is 0. The van der Waals surface area contributed by atoms with Gasteiger partial charge in [-0.05, 0) is 22.0 Å². The van der Waals surface area contributed by atoms with Gasteiger partial charge in [-0.2, -0.15) is 0 Å². The van der Waals surface area contributed by atoms with Crippen molar-refractivity contribution in [1.82, 2.24) is 4.98 Å². The molecule has 11 heavy (non-hydrogen) atoms. The summed E-state index contributed by atoms with van der Waals surface area (Å²) < 4.78 is 0.919. The summed E-state index contributed by atoms with van der Waals surface area (Å²) >= 11 is 3.36. The number of hydrogen-bond acceptors (Lipinski definition) is 3. The molecule has 1 aromatic rings. The van der Waals surface area contributed by atoms with Crippen molar-refractivity contribution in [2.75, 3.05) is 24.7 Å². The molecular formula is C7H10BrN3. The summed E-state index contributed by atoms with van der Waals surface area (Å²) in [5.74, 6) is 0.888. The first-order chi connectivity index (χ1) is 5.11. The minimum Gasteiger partial charge on any atom is -0.397 e. The topological polar surface area (TPSA) is 42.2 Å². The molecule has 0 bridgehead atoms. The molecule has 0 spiro atoms. The van der Waals surface area contributed by atoms with Crippen molar-refractivity contribution in [3.05, 3.63) is 16.7 Å². The third-order valence-corrected chi connectivity index (χ3v) is 1.85. The summed E-state index contributed by atoms with van der Waals surface area (Å²) in [6, 6.07) is 1.84. The Labute approximate surface area is 74.3 Å². The number of rotatable bonds is 1. The molecule has 0 saturated heterocycles. The number of hydrogen-bond donors (Lipinski definition) is 1. The van der Waals surface area contributed by atoms with E-state index in [2.05, 4.69) is 20.9 Å². The number of nitrogen functional groups attached to an aromatic ring is 1. The SMILES string of the molecule is CN(C)c1ncc(N)cc1Br. The number of halogens is 1. The lowest BCUT2D eigenvalue weighted by Crippen LogP contribution is -2.11. The Hall–Kier alpha value is -0.770. The van der Waals surface area contributed by atoms with Crippen molar-refractivity contribution in [2.24, 2.45) is 0 Å². The van der Waals surface area contributed by atoms with E-state index in [-0.39, 0.29) is 0 Å². The van der Waals surface area contributed by atoms with E-state index in [9.17, 15) is 0 Å². The van der Waals surface area contributed by atoms with Gasteiger partial charge >= 0.3 is 0 Å². The van der Waals surface area contributed by atoms with Gasteiger partial charge in [0.15, 0.2) is 0 Å². The third kappa shape index (κ3) is 1.83. The molecule has 0 radical (unpaired) electrons. The van der Waals surface area contributed by atoms with Crippen LogP contribution >= 0.6 is 15.9 Å². The smallest absolute Gasteiger partial charge is 0.142 e. The van der Waals surface area contributed by atoms with Gasteiger partial charge in [0.05, 0.1) is 16.4 Å². The highest BCUT2D eigenvalue weighted by atomic mass is 79.9. The predicted molar refractivity (Wildman–Crippen MR) is 50.7 cm³/mol. The van der Waals surface area contributed by atoms with Gasteiger partial charge in [-0.25, -0.2) is 4.98 Å². The molecule has 0 aliphatic rings. The molecule has 0 atom stereocenters. The lowest BCUT2D eigenvalue weighted by atomic mass is 10.4. The minimum atomic E-state index is 0.669. The van der Waals surface area contributed by atoms with Crippen LogP contribution in [0.2, 0.25) is 0 Å². The summed E-state index contributed by atoms with van der Waals surface area (Å²) in [4.78, 5) is 6.05. The highest BCUT2D eigenvalue weighted by Crippen LogP contribution is 2.23.